The average Bonchev–Trinajstić information content (AvgIpc) is 2.88. The third-order valence-electron chi connectivity index (χ3n) is 3.93. The van der Waals surface area contributed by atoms with Gasteiger partial charge in [-0.1, -0.05) is 13.3 Å². The zero-order valence-corrected chi connectivity index (χ0v) is 12.9. The Morgan fingerprint density at radius 1 is 1.52 bits per heavy atom. The molecule has 5 heteroatoms. The van der Waals surface area contributed by atoms with Gasteiger partial charge in [-0.3, -0.25) is 9.69 Å². The Morgan fingerprint density at radius 3 is 3.05 bits per heavy atom. The van der Waals surface area contributed by atoms with Gasteiger partial charge in [-0.15, -0.1) is 0 Å². The molecular formula is C16H25N3O2. The average molecular weight is 291 g/mol. The van der Waals surface area contributed by atoms with Gasteiger partial charge >= 0.3 is 0 Å². The molecule has 1 aromatic carbocycles. The van der Waals surface area contributed by atoms with Gasteiger partial charge < -0.3 is 15.8 Å². The van der Waals surface area contributed by atoms with Crippen molar-refractivity contribution < 1.29 is 9.53 Å². The van der Waals surface area contributed by atoms with E-state index in [4.69, 9.17) is 10.5 Å². The van der Waals surface area contributed by atoms with Gasteiger partial charge in [-0.25, -0.2) is 0 Å². The summed E-state index contributed by atoms with van der Waals surface area (Å²) in [7, 11) is 1.57. The fraction of sp³-hybridized carbons (Fsp3) is 0.562. The van der Waals surface area contributed by atoms with Crippen molar-refractivity contribution in [2.45, 2.75) is 26.2 Å². The Bertz CT molecular complexity index is 490. The van der Waals surface area contributed by atoms with E-state index in [0.29, 0.717) is 23.7 Å². The summed E-state index contributed by atoms with van der Waals surface area (Å²) in [5.41, 5.74) is 6.99. The minimum Gasteiger partial charge on any atom is -0.494 e. The summed E-state index contributed by atoms with van der Waals surface area (Å²) in [5.74, 6) is 1.33. The number of anilines is 2. The highest BCUT2D eigenvalue weighted by atomic mass is 16.5. The molecule has 5 nitrogen and oxygen atoms in total. The molecule has 21 heavy (non-hydrogen) atoms. The van der Waals surface area contributed by atoms with Crippen molar-refractivity contribution in [3.05, 3.63) is 18.2 Å². The van der Waals surface area contributed by atoms with Crippen LogP contribution in [0, 0.1) is 5.92 Å². The first-order chi connectivity index (χ1) is 10.1. The second kappa shape index (κ2) is 7.31. The van der Waals surface area contributed by atoms with Crippen molar-refractivity contribution in [2.75, 3.05) is 37.8 Å². The number of carbonyl (C=O) groups excluding carboxylic acids is 1. The fourth-order valence-electron chi connectivity index (χ4n) is 2.90. The number of methoxy groups -OCH3 is 1. The van der Waals surface area contributed by atoms with Crippen LogP contribution in [0.4, 0.5) is 11.4 Å². The van der Waals surface area contributed by atoms with Gasteiger partial charge in [0.05, 0.1) is 19.3 Å². The Kier molecular flexibility index (Phi) is 5.44. The molecule has 1 aromatic rings. The first-order valence-electron chi connectivity index (χ1n) is 7.58. The maximum Gasteiger partial charge on any atom is 0.238 e. The molecule has 1 aliphatic heterocycles. The van der Waals surface area contributed by atoms with Crippen LogP contribution in [-0.2, 0) is 4.79 Å². The van der Waals surface area contributed by atoms with Crippen molar-refractivity contribution in [1.82, 2.24) is 4.90 Å². The van der Waals surface area contributed by atoms with E-state index in [-0.39, 0.29) is 5.91 Å². The van der Waals surface area contributed by atoms with Crippen LogP contribution >= 0.6 is 0 Å². The highest BCUT2D eigenvalue weighted by molar-refractivity contribution is 5.94. The smallest absolute Gasteiger partial charge is 0.238 e. The molecule has 1 aliphatic rings. The van der Waals surface area contributed by atoms with Gasteiger partial charge in [0.15, 0.2) is 0 Å². The van der Waals surface area contributed by atoms with Gasteiger partial charge in [0.2, 0.25) is 5.91 Å². The van der Waals surface area contributed by atoms with Gasteiger partial charge in [0.25, 0.3) is 0 Å². The number of nitrogens with zero attached hydrogens (tertiary/aromatic N) is 1. The third kappa shape index (κ3) is 4.36. The molecule has 1 unspecified atom stereocenters. The molecule has 0 aromatic heterocycles. The normalized spacial score (nSPS) is 18.7. The number of amides is 1. The lowest BCUT2D eigenvalue weighted by atomic mass is 10.0. The van der Waals surface area contributed by atoms with Crippen LogP contribution in [0.1, 0.15) is 26.2 Å². The predicted octanol–water partition coefficient (Wildman–Crippen LogP) is 2.34. The number of ether oxygens (including phenoxy) is 1. The van der Waals surface area contributed by atoms with Crippen LogP contribution in [0.3, 0.4) is 0 Å². The first kappa shape index (κ1) is 15.6. The molecule has 116 valence electrons. The number of likely N-dealkylation sites (tertiary alicyclic amines) is 1. The van der Waals surface area contributed by atoms with Gasteiger partial charge in [0, 0.05) is 18.3 Å². The maximum absolute atomic E-state index is 12.1. The molecule has 0 aliphatic carbocycles. The predicted molar refractivity (Wildman–Crippen MR) is 85.5 cm³/mol. The topological polar surface area (TPSA) is 67.6 Å². The van der Waals surface area contributed by atoms with E-state index in [1.807, 2.05) is 0 Å². The number of hydrogen-bond acceptors (Lipinski definition) is 4. The summed E-state index contributed by atoms with van der Waals surface area (Å²) in [6, 6.07) is 5.24. The second-order valence-corrected chi connectivity index (χ2v) is 5.69. The molecule has 0 radical (unpaired) electrons. The Hall–Kier alpha value is -1.75. The Labute approximate surface area is 126 Å². The van der Waals surface area contributed by atoms with Crippen LogP contribution in [0.15, 0.2) is 18.2 Å². The third-order valence-corrected chi connectivity index (χ3v) is 3.93. The summed E-state index contributed by atoms with van der Waals surface area (Å²) < 4.78 is 5.24. The summed E-state index contributed by atoms with van der Waals surface area (Å²) in [6.45, 7) is 4.69. The van der Waals surface area contributed by atoms with Crippen molar-refractivity contribution in [3.8, 4) is 5.75 Å². The van der Waals surface area contributed by atoms with E-state index in [0.717, 1.165) is 19.0 Å². The zero-order chi connectivity index (χ0) is 15.2. The molecule has 1 amide bonds. The van der Waals surface area contributed by atoms with Crippen LogP contribution in [0.2, 0.25) is 0 Å². The van der Waals surface area contributed by atoms with Crippen molar-refractivity contribution in [1.29, 1.82) is 0 Å². The Morgan fingerprint density at radius 2 is 2.33 bits per heavy atom. The quantitative estimate of drug-likeness (QED) is 0.789. The van der Waals surface area contributed by atoms with Crippen LogP contribution < -0.4 is 15.8 Å². The molecule has 1 atom stereocenters. The SMILES string of the molecule is CCCC1CCN(CC(=O)Nc2ccc(N)cc2OC)C1. The fourth-order valence-corrected chi connectivity index (χ4v) is 2.90. The molecule has 0 saturated carbocycles. The molecule has 2 rings (SSSR count). The van der Waals surface area contributed by atoms with Crippen molar-refractivity contribution >= 4 is 17.3 Å². The molecule has 3 N–H and O–H groups in total. The molecular weight excluding hydrogens is 266 g/mol. The van der Waals surface area contributed by atoms with Gasteiger partial charge in [-0.2, -0.15) is 0 Å². The van der Waals surface area contributed by atoms with Crippen molar-refractivity contribution in [2.24, 2.45) is 5.92 Å². The number of benzene rings is 1. The lowest BCUT2D eigenvalue weighted by Gasteiger charge is -2.16. The van der Waals surface area contributed by atoms with E-state index in [1.54, 1.807) is 25.3 Å². The number of nitrogens with one attached hydrogen (secondary N) is 1. The highest BCUT2D eigenvalue weighted by Crippen LogP contribution is 2.27. The number of nitrogens with two attached hydrogens (primary N) is 1. The summed E-state index contributed by atoms with van der Waals surface area (Å²) in [6.07, 6.45) is 3.67. The van der Waals surface area contributed by atoms with E-state index in [1.165, 1.54) is 19.3 Å². The van der Waals surface area contributed by atoms with E-state index >= 15 is 0 Å². The lowest BCUT2D eigenvalue weighted by molar-refractivity contribution is -0.117. The highest BCUT2D eigenvalue weighted by Gasteiger charge is 2.23. The van der Waals surface area contributed by atoms with Crippen LogP contribution in [0.5, 0.6) is 5.75 Å². The number of carbonyl (C=O) groups is 1. The summed E-state index contributed by atoms with van der Waals surface area (Å²) >= 11 is 0. The van der Waals surface area contributed by atoms with E-state index in [9.17, 15) is 4.79 Å². The number of rotatable bonds is 6. The molecule has 0 bridgehead atoms. The van der Waals surface area contributed by atoms with Crippen LogP contribution in [-0.4, -0.2) is 37.6 Å². The first-order valence-corrected chi connectivity index (χ1v) is 7.58. The molecule has 1 heterocycles. The Balaban J connectivity index is 1.88. The minimum absolute atomic E-state index is 0.00443. The van der Waals surface area contributed by atoms with Gasteiger partial charge in [0.1, 0.15) is 5.75 Å². The molecule has 1 fully saturated rings. The van der Waals surface area contributed by atoms with Crippen LogP contribution in [0.25, 0.3) is 0 Å². The monoisotopic (exact) mass is 291 g/mol. The van der Waals surface area contributed by atoms with Crippen molar-refractivity contribution in [3.63, 3.8) is 0 Å². The second-order valence-electron chi connectivity index (χ2n) is 5.69. The standard InChI is InChI=1S/C16H25N3O2/c1-3-4-12-7-8-19(10-12)11-16(20)18-14-6-5-13(17)9-15(14)21-2/h5-6,9,12H,3-4,7-8,10-11,17H2,1-2H3,(H,18,20). The number of hydrogen-bond donors (Lipinski definition) is 2. The lowest BCUT2D eigenvalue weighted by Crippen LogP contribution is -2.31. The summed E-state index contributed by atoms with van der Waals surface area (Å²) in [5, 5.41) is 2.90. The zero-order valence-electron chi connectivity index (χ0n) is 12.9. The minimum atomic E-state index is -0.00443. The summed E-state index contributed by atoms with van der Waals surface area (Å²) in [4.78, 5) is 14.4. The van der Waals surface area contributed by atoms with E-state index in [2.05, 4.69) is 17.1 Å². The largest absolute Gasteiger partial charge is 0.494 e. The van der Waals surface area contributed by atoms with E-state index < -0.39 is 0 Å². The van der Waals surface area contributed by atoms with Gasteiger partial charge in [-0.05, 0) is 37.4 Å². The maximum atomic E-state index is 12.1. The molecule has 0 spiro atoms. The number of nitrogen functional groups attached to an aromatic ring is 1. The molecule has 1 saturated heterocycles.